The summed E-state index contributed by atoms with van der Waals surface area (Å²) in [6.07, 6.45) is -0.0379. The number of nitrogens with zero attached hydrogens (tertiary/aromatic N) is 1. The molecule has 0 unspecified atom stereocenters. The van der Waals surface area contributed by atoms with Gasteiger partial charge in [-0.25, -0.2) is 4.98 Å². The number of H-pyrrole nitrogens is 1. The molecule has 0 aliphatic rings. The molecule has 2 aromatic carbocycles. The first-order valence-corrected chi connectivity index (χ1v) is 9.74. The molecule has 1 amide bonds. The predicted octanol–water partition coefficient (Wildman–Crippen LogP) is 3.56. The van der Waals surface area contributed by atoms with Gasteiger partial charge in [0.25, 0.3) is 5.56 Å². The molecule has 0 saturated carbocycles. The average molecular weight is 395 g/mol. The van der Waals surface area contributed by atoms with Gasteiger partial charge >= 0.3 is 0 Å². The monoisotopic (exact) mass is 395 g/mol. The third-order valence-electron chi connectivity index (χ3n) is 4.13. The molecule has 7 heteroatoms. The largest absolute Gasteiger partial charge is 0.497 e. The summed E-state index contributed by atoms with van der Waals surface area (Å²) in [6.45, 7) is 1.75. The van der Waals surface area contributed by atoms with Crippen molar-refractivity contribution in [2.45, 2.75) is 24.3 Å². The summed E-state index contributed by atoms with van der Waals surface area (Å²) < 4.78 is 5.09. The molecule has 0 atom stereocenters. The summed E-state index contributed by atoms with van der Waals surface area (Å²) >= 11 is 1.46. The Morgan fingerprint density at radius 1 is 1.14 bits per heavy atom. The van der Waals surface area contributed by atoms with Gasteiger partial charge in [-0.05, 0) is 36.8 Å². The second kappa shape index (κ2) is 9.23. The normalized spacial score (nSPS) is 10.5. The van der Waals surface area contributed by atoms with Gasteiger partial charge in [0.2, 0.25) is 5.91 Å². The zero-order valence-electron chi connectivity index (χ0n) is 15.7. The van der Waals surface area contributed by atoms with Crippen LogP contribution in [0.3, 0.4) is 0 Å². The number of hydrogen-bond acceptors (Lipinski definition) is 5. The van der Waals surface area contributed by atoms with E-state index in [1.54, 1.807) is 38.3 Å². The van der Waals surface area contributed by atoms with E-state index in [0.717, 1.165) is 5.56 Å². The summed E-state index contributed by atoms with van der Waals surface area (Å²) in [4.78, 5) is 32.0. The molecule has 0 saturated heterocycles. The minimum absolute atomic E-state index is 0.0379. The van der Waals surface area contributed by atoms with Gasteiger partial charge in [-0.3, -0.25) is 9.59 Å². The van der Waals surface area contributed by atoms with Crippen LogP contribution in [0.15, 0.2) is 64.5 Å². The number of aromatic amines is 1. The van der Waals surface area contributed by atoms with Gasteiger partial charge in [0.15, 0.2) is 5.16 Å². The summed E-state index contributed by atoms with van der Waals surface area (Å²) in [5, 5.41) is 3.32. The second-order valence-electron chi connectivity index (χ2n) is 6.16. The number of ether oxygens (including phenoxy) is 1. The summed E-state index contributed by atoms with van der Waals surface area (Å²) in [6, 6.07) is 17.0. The van der Waals surface area contributed by atoms with Crippen molar-refractivity contribution in [3.63, 3.8) is 0 Å². The standard InChI is InChI=1S/C21H21N3O3S/c1-14-18(12-19(25)23-16-8-10-17(27-2)11-9-16)20(26)24-21(22-14)28-13-15-6-4-3-5-7-15/h3-11H,12-13H2,1-2H3,(H,23,25)(H,22,24,26). The summed E-state index contributed by atoms with van der Waals surface area (Å²) in [5.74, 6) is 1.14. The van der Waals surface area contributed by atoms with Crippen molar-refractivity contribution >= 4 is 23.4 Å². The molecule has 3 rings (SSSR count). The Morgan fingerprint density at radius 3 is 2.50 bits per heavy atom. The zero-order valence-corrected chi connectivity index (χ0v) is 16.5. The third-order valence-corrected chi connectivity index (χ3v) is 5.07. The highest BCUT2D eigenvalue weighted by atomic mass is 32.2. The van der Waals surface area contributed by atoms with Gasteiger partial charge in [0, 0.05) is 22.7 Å². The number of nitrogens with one attached hydrogen (secondary N) is 2. The van der Waals surface area contributed by atoms with Crippen LogP contribution in [0.2, 0.25) is 0 Å². The molecule has 0 aliphatic heterocycles. The highest BCUT2D eigenvalue weighted by Gasteiger charge is 2.13. The first-order valence-electron chi connectivity index (χ1n) is 8.75. The van der Waals surface area contributed by atoms with E-state index < -0.39 is 0 Å². The summed E-state index contributed by atoms with van der Waals surface area (Å²) in [5.41, 5.74) is 2.44. The van der Waals surface area contributed by atoms with Crippen molar-refractivity contribution in [2.75, 3.05) is 12.4 Å². The number of methoxy groups -OCH3 is 1. The number of aromatic nitrogens is 2. The van der Waals surface area contributed by atoms with E-state index in [-0.39, 0.29) is 17.9 Å². The van der Waals surface area contributed by atoms with E-state index in [1.165, 1.54) is 11.8 Å². The molecule has 0 spiro atoms. The maximum absolute atomic E-state index is 12.4. The molecule has 1 heterocycles. The Bertz CT molecular complexity index is 1000. The number of anilines is 1. The lowest BCUT2D eigenvalue weighted by atomic mass is 10.1. The number of carbonyl (C=O) groups excluding carboxylic acids is 1. The van der Waals surface area contributed by atoms with Crippen molar-refractivity contribution < 1.29 is 9.53 Å². The van der Waals surface area contributed by atoms with E-state index >= 15 is 0 Å². The third kappa shape index (κ3) is 5.23. The van der Waals surface area contributed by atoms with Crippen molar-refractivity contribution in [1.82, 2.24) is 9.97 Å². The van der Waals surface area contributed by atoms with Gasteiger partial charge in [0.05, 0.1) is 13.5 Å². The lowest BCUT2D eigenvalue weighted by Gasteiger charge is -2.09. The molecule has 1 aromatic heterocycles. The minimum atomic E-state index is -0.284. The van der Waals surface area contributed by atoms with Crippen molar-refractivity contribution in [2.24, 2.45) is 0 Å². The van der Waals surface area contributed by atoms with Crippen LogP contribution in [-0.4, -0.2) is 23.0 Å². The molecule has 6 nitrogen and oxygen atoms in total. The molecule has 28 heavy (non-hydrogen) atoms. The fourth-order valence-electron chi connectivity index (χ4n) is 2.63. The van der Waals surface area contributed by atoms with Crippen LogP contribution in [0.4, 0.5) is 5.69 Å². The van der Waals surface area contributed by atoms with Gasteiger partial charge in [-0.2, -0.15) is 0 Å². The number of amides is 1. The SMILES string of the molecule is COc1ccc(NC(=O)Cc2c(C)nc(SCc3ccccc3)[nH]c2=O)cc1. The number of thioether (sulfide) groups is 1. The number of rotatable bonds is 7. The van der Waals surface area contributed by atoms with Crippen LogP contribution >= 0.6 is 11.8 Å². The Hall–Kier alpha value is -3.06. The van der Waals surface area contributed by atoms with Crippen molar-refractivity contribution in [1.29, 1.82) is 0 Å². The van der Waals surface area contributed by atoms with E-state index in [0.29, 0.717) is 33.6 Å². The zero-order chi connectivity index (χ0) is 19.9. The fraction of sp³-hybridized carbons (Fsp3) is 0.190. The highest BCUT2D eigenvalue weighted by molar-refractivity contribution is 7.98. The molecule has 0 aliphatic carbocycles. The van der Waals surface area contributed by atoms with Gasteiger partial charge in [-0.1, -0.05) is 42.1 Å². The first-order chi connectivity index (χ1) is 13.5. The first kappa shape index (κ1) is 19.7. The maximum Gasteiger partial charge on any atom is 0.255 e. The van der Waals surface area contributed by atoms with Crippen LogP contribution in [-0.2, 0) is 17.0 Å². The van der Waals surface area contributed by atoms with E-state index in [4.69, 9.17) is 4.74 Å². The number of benzene rings is 2. The molecule has 0 radical (unpaired) electrons. The van der Waals surface area contributed by atoms with Crippen LogP contribution in [0.5, 0.6) is 5.75 Å². The number of aryl methyl sites for hydroxylation is 1. The quantitative estimate of drug-likeness (QED) is 0.472. The molecule has 3 aromatic rings. The average Bonchev–Trinajstić information content (AvgIpc) is 2.70. The summed E-state index contributed by atoms with van der Waals surface area (Å²) in [7, 11) is 1.58. The maximum atomic E-state index is 12.4. The lowest BCUT2D eigenvalue weighted by Crippen LogP contribution is -2.23. The predicted molar refractivity (Wildman–Crippen MR) is 111 cm³/mol. The topological polar surface area (TPSA) is 84.1 Å². The molecule has 0 bridgehead atoms. The Kier molecular flexibility index (Phi) is 6.49. The molecular weight excluding hydrogens is 374 g/mol. The molecular formula is C21H21N3O3S. The van der Waals surface area contributed by atoms with Crippen LogP contribution in [0, 0.1) is 6.92 Å². The van der Waals surface area contributed by atoms with E-state index in [1.807, 2.05) is 30.3 Å². The Morgan fingerprint density at radius 2 is 1.86 bits per heavy atom. The number of carbonyl (C=O) groups is 1. The van der Waals surface area contributed by atoms with E-state index in [2.05, 4.69) is 15.3 Å². The lowest BCUT2D eigenvalue weighted by molar-refractivity contribution is -0.115. The van der Waals surface area contributed by atoms with Crippen molar-refractivity contribution in [3.05, 3.63) is 81.8 Å². The van der Waals surface area contributed by atoms with Gasteiger partial charge < -0.3 is 15.0 Å². The van der Waals surface area contributed by atoms with Gasteiger partial charge in [0.1, 0.15) is 5.75 Å². The smallest absolute Gasteiger partial charge is 0.255 e. The Labute approximate surface area is 167 Å². The van der Waals surface area contributed by atoms with Gasteiger partial charge in [-0.15, -0.1) is 0 Å². The van der Waals surface area contributed by atoms with E-state index in [9.17, 15) is 9.59 Å². The number of hydrogen-bond donors (Lipinski definition) is 2. The second-order valence-corrected chi connectivity index (χ2v) is 7.13. The minimum Gasteiger partial charge on any atom is -0.497 e. The van der Waals surface area contributed by atoms with Crippen LogP contribution in [0.25, 0.3) is 0 Å². The highest BCUT2D eigenvalue weighted by Crippen LogP contribution is 2.19. The fourth-order valence-corrected chi connectivity index (χ4v) is 3.49. The Balaban J connectivity index is 1.64. The van der Waals surface area contributed by atoms with Crippen molar-refractivity contribution in [3.8, 4) is 5.75 Å². The van der Waals surface area contributed by atoms with Crippen LogP contribution in [0.1, 0.15) is 16.8 Å². The van der Waals surface area contributed by atoms with Crippen LogP contribution < -0.4 is 15.6 Å². The molecule has 0 fully saturated rings. The molecule has 2 N–H and O–H groups in total. The molecule has 144 valence electrons.